The summed E-state index contributed by atoms with van der Waals surface area (Å²) in [6, 6.07) is 8.95. The number of carbonyl (C=O) groups is 1. The molecule has 0 radical (unpaired) electrons. The van der Waals surface area contributed by atoms with E-state index in [1.54, 1.807) is 0 Å². The molecule has 2 aliphatic heterocycles. The molecule has 0 aromatic carbocycles. The Labute approximate surface area is 161 Å². The molecule has 4 heterocycles. The quantitative estimate of drug-likeness (QED) is 0.827. The van der Waals surface area contributed by atoms with Crippen LogP contribution in [-0.4, -0.2) is 91.5 Å². The SMILES string of the molecule is CN1CCN(c2ccc3ccc(C(=O)N4CCC(N(C)C)CC4)cn23)CC1. The molecule has 146 valence electrons. The number of fused-ring (bicyclic) bond motifs is 1. The predicted octanol–water partition coefficient (Wildman–Crippen LogP) is 1.86. The lowest BCUT2D eigenvalue weighted by molar-refractivity contribution is 0.0663. The summed E-state index contributed by atoms with van der Waals surface area (Å²) in [6.45, 7) is 5.89. The zero-order valence-electron chi connectivity index (χ0n) is 16.8. The van der Waals surface area contributed by atoms with Crippen molar-refractivity contribution in [1.29, 1.82) is 0 Å². The van der Waals surface area contributed by atoms with Crippen molar-refractivity contribution >= 4 is 17.2 Å². The summed E-state index contributed by atoms with van der Waals surface area (Å²) in [5.74, 6) is 1.35. The molecule has 2 aromatic rings. The highest BCUT2D eigenvalue weighted by Crippen LogP contribution is 2.23. The molecule has 4 rings (SSSR count). The molecule has 0 atom stereocenters. The van der Waals surface area contributed by atoms with Gasteiger partial charge < -0.3 is 24.0 Å². The van der Waals surface area contributed by atoms with E-state index in [4.69, 9.17) is 0 Å². The van der Waals surface area contributed by atoms with Gasteiger partial charge in [-0.15, -0.1) is 0 Å². The summed E-state index contributed by atoms with van der Waals surface area (Å²) in [7, 11) is 6.42. The largest absolute Gasteiger partial charge is 0.355 e. The van der Waals surface area contributed by atoms with Crippen LogP contribution in [0.15, 0.2) is 30.5 Å². The molecule has 2 saturated heterocycles. The molecular formula is C21H31N5O. The number of anilines is 1. The summed E-state index contributed by atoms with van der Waals surface area (Å²) in [4.78, 5) is 22.1. The van der Waals surface area contributed by atoms with Crippen molar-refractivity contribution in [2.75, 3.05) is 65.3 Å². The van der Waals surface area contributed by atoms with E-state index in [9.17, 15) is 4.79 Å². The summed E-state index contributed by atoms with van der Waals surface area (Å²) in [5.41, 5.74) is 1.93. The second-order valence-corrected chi connectivity index (χ2v) is 8.18. The fourth-order valence-corrected chi connectivity index (χ4v) is 4.27. The molecule has 0 bridgehead atoms. The van der Waals surface area contributed by atoms with Crippen molar-refractivity contribution in [3.63, 3.8) is 0 Å². The first kappa shape index (κ1) is 18.3. The number of piperazine rings is 1. The number of aromatic nitrogens is 1. The number of rotatable bonds is 3. The molecule has 0 unspecified atom stereocenters. The molecule has 1 amide bonds. The van der Waals surface area contributed by atoms with Gasteiger partial charge in [0.15, 0.2) is 0 Å². The van der Waals surface area contributed by atoms with E-state index < -0.39 is 0 Å². The maximum absolute atomic E-state index is 13.1. The fraction of sp³-hybridized carbons (Fsp3) is 0.571. The van der Waals surface area contributed by atoms with E-state index in [0.29, 0.717) is 6.04 Å². The van der Waals surface area contributed by atoms with Crippen LogP contribution < -0.4 is 4.90 Å². The van der Waals surface area contributed by atoms with Gasteiger partial charge in [0.2, 0.25) is 0 Å². The molecule has 0 N–H and O–H groups in total. The highest BCUT2D eigenvalue weighted by Gasteiger charge is 2.25. The van der Waals surface area contributed by atoms with Gasteiger partial charge in [-0.1, -0.05) is 0 Å². The maximum atomic E-state index is 13.1. The van der Waals surface area contributed by atoms with E-state index in [-0.39, 0.29) is 5.91 Å². The molecule has 6 heteroatoms. The minimum Gasteiger partial charge on any atom is -0.355 e. The zero-order valence-corrected chi connectivity index (χ0v) is 16.8. The van der Waals surface area contributed by atoms with Gasteiger partial charge in [-0.3, -0.25) is 4.79 Å². The maximum Gasteiger partial charge on any atom is 0.255 e. The van der Waals surface area contributed by atoms with Gasteiger partial charge in [0.05, 0.1) is 5.56 Å². The fourth-order valence-electron chi connectivity index (χ4n) is 4.27. The Morgan fingerprint density at radius 3 is 2.30 bits per heavy atom. The van der Waals surface area contributed by atoms with E-state index in [1.165, 1.54) is 5.82 Å². The Kier molecular flexibility index (Phi) is 5.10. The van der Waals surface area contributed by atoms with Gasteiger partial charge >= 0.3 is 0 Å². The number of hydrogen-bond donors (Lipinski definition) is 0. The Balaban J connectivity index is 1.53. The average Bonchev–Trinajstić information content (AvgIpc) is 3.11. The van der Waals surface area contributed by atoms with Crippen LogP contribution in [-0.2, 0) is 0 Å². The minimum absolute atomic E-state index is 0.159. The zero-order chi connectivity index (χ0) is 19.0. The van der Waals surface area contributed by atoms with Crippen molar-refractivity contribution in [2.45, 2.75) is 18.9 Å². The van der Waals surface area contributed by atoms with Gasteiger partial charge in [0.1, 0.15) is 5.82 Å². The lowest BCUT2D eigenvalue weighted by atomic mass is 10.0. The van der Waals surface area contributed by atoms with E-state index in [0.717, 1.165) is 63.2 Å². The van der Waals surface area contributed by atoms with Crippen molar-refractivity contribution in [1.82, 2.24) is 19.1 Å². The number of likely N-dealkylation sites (N-methyl/N-ethyl adjacent to an activating group) is 1. The van der Waals surface area contributed by atoms with Crippen LogP contribution in [0.4, 0.5) is 5.82 Å². The Bertz CT molecular complexity index is 798. The Morgan fingerprint density at radius 1 is 0.963 bits per heavy atom. The lowest BCUT2D eigenvalue weighted by Gasteiger charge is -2.35. The summed E-state index contributed by atoms with van der Waals surface area (Å²) < 4.78 is 2.19. The number of pyridine rings is 1. The topological polar surface area (TPSA) is 34.4 Å². The van der Waals surface area contributed by atoms with E-state index >= 15 is 0 Å². The van der Waals surface area contributed by atoms with Crippen LogP contribution in [0, 0.1) is 0 Å². The second-order valence-electron chi connectivity index (χ2n) is 8.18. The Morgan fingerprint density at radius 2 is 1.63 bits per heavy atom. The summed E-state index contributed by atoms with van der Waals surface area (Å²) in [6.07, 6.45) is 4.14. The first-order chi connectivity index (χ1) is 13.0. The highest BCUT2D eigenvalue weighted by molar-refractivity contribution is 5.94. The molecule has 6 nitrogen and oxygen atoms in total. The van der Waals surface area contributed by atoms with Gasteiger partial charge in [-0.2, -0.15) is 0 Å². The summed E-state index contributed by atoms with van der Waals surface area (Å²) in [5, 5.41) is 0. The third-order valence-corrected chi connectivity index (χ3v) is 6.19. The van der Waals surface area contributed by atoms with Crippen LogP contribution in [0.3, 0.4) is 0 Å². The first-order valence-electron chi connectivity index (χ1n) is 10.0. The average molecular weight is 370 g/mol. The second kappa shape index (κ2) is 7.52. The molecule has 0 saturated carbocycles. The minimum atomic E-state index is 0.159. The normalized spacial score (nSPS) is 20.0. The molecule has 2 fully saturated rings. The van der Waals surface area contributed by atoms with Gasteiger partial charge in [0.25, 0.3) is 5.91 Å². The number of carbonyl (C=O) groups excluding carboxylic acids is 1. The number of amides is 1. The number of likely N-dealkylation sites (tertiary alicyclic amines) is 1. The third-order valence-electron chi connectivity index (χ3n) is 6.19. The highest BCUT2D eigenvalue weighted by atomic mass is 16.2. The van der Waals surface area contributed by atoms with Crippen molar-refractivity contribution in [3.05, 3.63) is 36.0 Å². The first-order valence-corrected chi connectivity index (χ1v) is 10.0. The predicted molar refractivity (Wildman–Crippen MR) is 110 cm³/mol. The molecule has 0 aliphatic carbocycles. The van der Waals surface area contributed by atoms with Gasteiger partial charge in [0, 0.05) is 57.0 Å². The monoisotopic (exact) mass is 369 g/mol. The molecule has 27 heavy (non-hydrogen) atoms. The van der Waals surface area contributed by atoms with Crippen LogP contribution in [0.1, 0.15) is 23.2 Å². The van der Waals surface area contributed by atoms with Crippen molar-refractivity contribution < 1.29 is 4.79 Å². The van der Waals surface area contributed by atoms with Crippen LogP contribution in [0.5, 0.6) is 0 Å². The van der Waals surface area contributed by atoms with Gasteiger partial charge in [-0.05, 0) is 58.3 Å². The Hall–Kier alpha value is -2.05. The number of hydrogen-bond acceptors (Lipinski definition) is 4. The molecular weight excluding hydrogens is 338 g/mol. The van der Waals surface area contributed by atoms with Crippen molar-refractivity contribution in [3.8, 4) is 0 Å². The lowest BCUT2D eigenvalue weighted by Crippen LogP contribution is -2.45. The van der Waals surface area contributed by atoms with Crippen LogP contribution in [0.2, 0.25) is 0 Å². The van der Waals surface area contributed by atoms with Gasteiger partial charge in [-0.25, -0.2) is 0 Å². The standard InChI is InChI=1S/C21H31N5O/c1-22(2)18-8-10-25(11-9-18)21(27)17-4-5-19-6-7-20(26(19)16-17)24-14-12-23(3)13-15-24/h4-7,16,18H,8-15H2,1-3H3. The molecule has 2 aromatic heterocycles. The summed E-state index contributed by atoms with van der Waals surface area (Å²) >= 11 is 0. The van der Waals surface area contributed by atoms with Crippen LogP contribution >= 0.6 is 0 Å². The van der Waals surface area contributed by atoms with E-state index in [2.05, 4.69) is 58.4 Å². The number of nitrogens with zero attached hydrogens (tertiary/aromatic N) is 5. The van der Waals surface area contributed by atoms with E-state index in [1.807, 2.05) is 17.2 Å². The molecule has 2 aliphatic rings. The molecule has 0 spiro atoms. The third kappa shape index (κ3) is 3.69. The van der Waals surface area contributed by atoms with Crippen molar-refractivity contribution in [2.24, 2.45) is 0 Å². The number of piperidine rings is 1. The van der Waals surface area contributed by atoms with Crippen LogP contribution in [0.25, 0.3) is 5.52 Å². The smallest absolute Gasteiger partial charge is 0.255 e.